The highest BCUT2D eigenvalue weighted by Crippen LogP contribution is 2.17. The second-order valence-electron chi connectivity index (χ2n) is 10.6. The third kappa shape index (κ3) is 18.1. The van der Waals surface area contributed by atoms with Crippen molar-refractivity contribution in [2.24, 2.45) is 0 Å². The Kier molecular flexibility index (Phi) is 21.4. The fourth-order valence-electron chi connectivity index (χ4n) is 4.68. The standard InChI is InChI=1S/C27H50N.C6HF5/c1-2-3-4-5-6-7-8-9-10-11-12-13-14-15-16-17-18-19-20-22-25-28-26-23-21-24-27-28;7-2-1-3(8)5(10)6(11)4(2)9/h21,23-24,26-27H,2-20,22,25H2,1H3;1H/q+1;. The fraction of sp³-hybridized carbons (Fsp3) is 0.667. The zero-order chi connectivity index (χ0) is 28.6. The molecule has 6 heteroatoms. The molecule has 2 rings (SSSR count). The molecule has 0 saturated carbocycles. The molecule has 0 atom stereocenters. The highest BCUT2D eigenvalue weighted by atomic mass is 19.2. The number of halogens is 5. The molecule has 0 N–H and O–H groups in total. The summed E-state index contributed by atoms with van der Waals surface area (Å²) in [6, 6.07) is 6.27. The molecule has 0 aliphatic heterocycles. The summed E-state index contributed by atoms with van der Waals surface area (Å²) in [4.78, 5) is 0. The Morgan fingerprint density at radius 2 is 0.769 bits per heavy atom. The summed E-state index contributed by atoms with van der Waals surface area (Å²) in [6.07, 6.45) is 33.4. The van der Waals surface area contributed by atoms with Gasteiger partial charge in [0.1, 0.15) is 6.54 Å². The molecule has 0 radical (unpaired) electrons. The molecule has 1 nitrogen and oxygen atoms in total. The molecular formula is C33H51F5N+. The van der Waals surface area contributed by atoms with Gasteiger partial charge in [-0.2, -0.15) is 0 Å². The van der Waals surface area contributed by atoms with Crippen molar-refractivity contribution in [2.45, 2.75) is 142 Å². The van der Waals surface area contributed by atoms with Crippen molar-refractivity contribution in [3.05, 3.63) is 65.7 Å². The Balaban J connectivity index is 0.000000573. The highest BCUT2D eigenvalue weighted by molar-refractivity contribution is 5.12. The van der Waals surface area contributed by atoms with Gasteiger partial charge in [-0.1, -0.05) is 129 Å². The largest absolute Gasteiger partial charge is 0.205 e. The molecule has 1 heterocycles. The summed E-state index contributed by atoms with van der Waals surface area (Å²) < 4.78 is 62.3. The van der Waals surface area contributed by atoms with Crippen molar-refractivity contribution in [3.8, 4) is 0 Å². The van der Waals surface area contributed by atoms with Crippen molar-refractivity contribution >= 4 is 0 Å². The number of pyridine rings is 1. The Labute approximate surface area is 234 Å². The Morgan fingerprint density at radius 1 is 0.436 bits per heavy atom. The second-order valence-corrected chi connectivity index (χ2v) is 10.6. The van der Waals surface area contributed by atoms with Crippen LogP contribution in [0.2, 0.25) is 0 Å². The lowest BCUT2D eigenvalue weighted by Gasteiger charge is -2.04. The van der Waals surface area contributed by atoms with Gasteiger partial charge >= 0.3 is 0 Å². The van der Waals surface area contributed by atoms with Crippen molar-refractivity contribution in [3.63, 3.8) is 0 Å². The normalized spacial score (nSPS) is 10.9. The molecule has 0 unspecified atom stereocenters. The minimum absolute atomic E-state index is 0.0618. The molecule has 2 aromatic rings. The summed E-state index contributed by atoms with van der Waals surface area (Å²) in [5.41, 5.74) is 0. The first kappa shape index (κ1) is 35.0. The highest BCUT2D eigenvalue weighted by Gasteiger charge is 2.18. The van der Waals surface area contributed by atoms with E-state index in [9.17, 15) is 22.0 Å². The molecule has 222 valence electrons. The van der Waals surface area contributed by atoms with E-state index in [2.05, 4.69) is 42.1 Å². The smallest absolute Gasteiger partial charge is 0.200 e. The first-order chi connectivity index (χ1) is 19.0. The van der Waals surface area contributed by atoms with Crippen LogP contribution in [-0.4, -0.2) is 0 Å². The molecule has 0 saturated heterocycles. The van der Waals surface area contributed by atoms with E-state index in [1.54, 1.807) is 0 Å². The van der Waals surface area contributed by atoms with E-state index in [-0.39, 0.29) is 6.07 Å². The fourth-order valence-corrected chi connectivity index (χ4v) is 4.68. The monoisotopic (exact) mass is 556 g/mol. The Hall–Kier alpha value is -1.98. The summed E-state index contributed by atoms with van der Waals surface area (Å²) in [5.74, 6) is -9.65. The molecule has 1 aromatic carbocycles. The van der Waals surface area contributed by atoms with E-state index < -0.39 is 29.1 Å². The van der Waals surface area contributed by atoms with Gasteiger partial charge in [0.2, 0.25) is 5.82 Å². The maximum absolute atomic E-state index is 12.0. The zero-order valence-electron chi connectivity index (χ0n) is 24.2. The Bertz CT molecular complexity index is 817. The second kappa shape index (κ2) is 23.9. The van der Waals surface area contributed by atoms with E-state index in [0.29, 0.717) is 0 Å². The van der Waals surface area contributed by atoms with E-state index >= 15 is 0 Å². The van der Waals surface area contributed by atoms with Crippen LogP contribution in [-0.2, 0) is 6.54 Å². The van der Waals surface area contributed by atoms with Gasteiger partial charge in [0.05, 0.1) is 0 Å². The molecule has 0 fully saturated rings. The number of rotatable bonds is 21. The number of unbranched alkanes of at least 4 members (excludes halogenated alkanes) is 19. The third-order valence-corrected chi connectivity index (χ3v) is 7.11. The third-order valence-electron chi connectivity index (χ3n) is 7.11. The van der Waals surface area contributed by atoms with Crippen LogP contribution in [0.3, 0.4) is 0 Å². The van der Waals surface area contributed by atoms with Gasteiger partial charge in [0, 0.05) is 24.6 Å². The first-order valence-corrected chi connectivity index (χ1v) is 15.4. The number of hydrogen-bond acceptors (Lipinski definition) is 0. The van der Waals surface area contributed by atoms with E-state index in [1.165, 1.54) is 135 Å². The lowest BCUT2D eigenvalue weighted by Crippen LogP contribution is -2.32. The van der Waals surface area contributed by atoms with E-state index in [1.807, 2.05) is 0 Å². The minimum atomic E-state index is -2.14. The number of hydrogen-bond donors (Lipinski definition) is 0. The van der Waals surface area contributed by atoms with Crippen LogP contribution in [0.4, 0.5) is 22.0 Å². The molecular weight excluding hydrogens is 505 g/mol. The average molecular weight is 557 g/mol. The van der Waals surface area contributed by atoms with Crippen molar-refractivity contribution in [1.82, 2.24) is 0 Å². The molecule has 39 heavy (non-hydrogen) atoms. The molecule has 0 aliphatic carbocycles. The average Bonchev–Trinajstić information content (AvgIpc) is 2.95. The molecule has 1 aromatic heterocycles. The number of benzene rings is 1. The van der Waals surface area contributed by atoms with Gasteiger partial charge in [0.25, 0.3) is 0 Å². The van der Waals surface area contributed by atoms with Crippen LogP contribution >= 0.6 is 0 Å². The van der Waals surface area contributed by atoms with Crippen molar-refractivity contribution in [1.29, 1.82) is 0 Å². The van der Waals surface area contributed by atoms with Crippen LogP contribution in [0.1, 0.15) is 135 Å². The molecule has 0 spiro atoms. The minimum Gasteiger partial charge on any atom is -0.205 e. The van der Waals surface area contributed by atoms with Crippen molar-refractivity contribution in [2.75, 3.05) is 0 Å². The summed E-state index contributed by atoms with van der Waals surface area (Å²) in [7, 11) is 0. The quantitative estimate of drug-likeness (QED) is 0.0473. The predicted molar refractivity (Wildman–Crippen MR) is 151 cm³/mol. The zero-order valence-corrected chi connectivity index (χ0v) is 24.2. The summed E-state index contributed by atoms with van der Waals surface area (Å²) in [6.45, 7) is 3.48. The van der Waals surface area contributed by atoms with E-state index in [0.717, 1.165) is 0 Å². The first-order valence-electron chi connectivity index (χ1n) is 15.4. The SMILES string of the molecule is CCCCCCCCCCCCCCCCCCCCCC[n+]1ccccc1.Fc1cc(F)c(F)c(F)c1F. The Morgan fingerprint density at radius 3 is 1.13 bits per heavy atom. The van der Waals surface area contributed by atoms with Gasteiger partial charge < -0.3 is 0 Å². The van der Waals surface area contributed by atoms with Crippen LogP contribution in [0.25, 0.3) is 0 Å². The number of aromatic nitrogens is 1. The van der Waals surface area contributed by atoms with Crippen LogP contribution < -0.4 is 4.57 Å². The van der Waals surface area contributed by atoms with Crippen LogP contribution in [0, 0.1) is 29.1 Å². The topological polar surface area (TPSA) is 3.88 Å². The molecule has 0 bridgehead atoms. The van der Waals surface area contributed by atoms with Gasteiger partial charge in [-0.25, -0.2) is 26.5 Å². The number of aryl methyl sites for hydroxylation is 1. The predicted octanol–water partition coefficient (Wildman–Crippen LogP) is 11.2. The summed E-state index contributed by atoms with van der Waals surface area (Å²) >= 11 is 0. The van der Waals surface area contributed by atoms with Crippen LogP contribution in [0.15, 0.2) is 36.7 Å². The lowest BCUT2D eigenvalue weighted by atomic mass is 10.0. The van der Waals surface area contributed by atoms with Gasteiger partial charge in [-0.15, -0.1) is 0 Å². The molecule has 0 aliphatic rings. The number of nitrogens with zero attached hydrogens (tertiary/aromatic N) is 1. The van der Waals surface area contributed by atoms with Crippen LogP contribution in [0.5, 0.6) is 0 Å². The van der Waals surface area contributed by atoms with Gasteiger partial charge in [-0.3, -0.25) is 0 Å². The summed E-state index contributed by atoms with van der Waals surface area (Å²) in [5, 5.41) is 0. The molecule has 0 amide bonds. The van der Waals surface area contributed by atoms with Crippen molar-refractivity contribution < 1.29 is 26.5 Å². The van der Waals surface area contributed by atoms with E-state index in [4.69, 9.17) is 0 Å². The van der Waals surface area contributed by atoms with Gasteiger partial charge in [0.15, 0.2) is 35.7 Å². The maximum Gasteiger partial charge on any atom is 0.200 e. The maximum atomic E-state index is 12.0. The van der Waals surface area contributed by atoms with Gasteiger partial charge in [-0.05, 0) is 6.42 Å². The lowest BCUT2D eigenvalue weighted by molar-refractivity contribution is -0.697.